The second-order valence-electron chi connectivity index (χ2n) is 6.36. The molecule has 0 heterocycles. The van der Waals surface area contributed by atoms with Gasteiger partial charge in [-0.15, -0.1) is 0 Å². The van der Waals surface area contributed by atoms with E-state index in [4.69, 9.17) is 4.74 Å². The van der Waals surface area contributed by atoms with Gasteiger partial charge in [0.2, 0.25) is 0 Å². The van der Waals surface area contributed by atoms with E-state index in [2.05, 4.69) is 37.1 Å². The summed E-state index contributed by atoms with van der Waals surface area (Å²) in [5.74, 6) is -2.40. The monoisotopic (exact) mass is 478 g/mol. The molecular formula is C20H20BrFN4O4. The van der Waals surface area contributed by atoms with Crippen LogP contribution in [0.25, 0.3) is 0 Å². The first-order valence-electron chi connectivity index (χ1n) is 8.86. The molecule has 0 radical (unpaired) electrons. The minimum atomic E-state index is -0.885. The first-order chi connectivity index (χ1) is 14.2. The van der Waals surface area contributed by atoms with Gasteiger partial charge in [0.1, 0.15) is 11.6 Å². The van der Waals surface area contributed by atoms with Gasteiger partial charge in [-0.1, -0.05) is 28.1 Å². The third-order valence-electron chi connectivity index (χ3n) is 3.44. The Labute approximate surface area is 181 Å². The fourth-order valence-corrected chi connectivity index (χ4v) is 2.49. The van der Waals surface area contributed by atoms with Gasteiger partial charge in [-0.05, 0) is 49.7 Å². The molecule has 0 aliphatic rings. The quantitative estimate of drug-likeness (QED) is 0.322. The number of carbonyl (C=O) groups is 3. The molecule has 0 aliphatic heterocycles. The van der Waals surface area contributed by atoms with Gasteiger partial charge < -0.3 is 15.4 Å². The maximum absolute atomic E-state index is 13.8. The van der Waals surface area contributed by atoms with Crippen LogP contribution in [0.1, 0.15) is 19.4 Å². The van der Waals surface area contributed by atoms with E-state index < -0.39 is 23.5 Å². The van der Waals surface area contributed by atoms with E-state index in [1.54, 1.807) is 44.2 Å². The Morgan fingerprint density at radius 2 is 1.93 bits per heavy atom. The standard InChI is InChI=1S/C20H20BrFN4O4/c1-12(2)24-19(28)20(29)26-23-10-13-4-3-5-15(8-13)30-11-18(27)25-17-7-6-14(21)9-16(17)22/h3-10,12H,11H2,1-2H3,(H,24,28)(H,25,27)(H,26,29)/b23-10-. The Morgan fingerprint density at radius 3 is 2.63 bits per heavy atom. The van der Waals surface area contributed by atoms with E-state index in [-0.39, 0.29) is 18.3 Å². The van der Waals surface area contributed by atoms with E-state index in [0.717, 1.165) is 0 Å². The first-order valence-corrected chi connectivity index (χ1v) is 9.65. The second-order valence-corrected chi connectivity index (χ2v) is 7.28. The number of halogens is 2. The summed E-state index contributed by atoms with van der Waals surface area (Å²) >= 11 is 3.14. The summed E-state index contributed by atoms with van der Waals surface area (Å²) in [7, 11) is 0. The van der Waals surface area contributed by atoms with Crippen molar-refractivity contribution in [1.29, 1.82) is 0 Å². The van der Waals surface area contributed by atoms with Crippen molar-refractivity contribution in [3.63, 3.8) is 0 Å². The molecule has 0 bridgehead atoms. The number of nitrogens with zero attached hydrogens (tertiary/aromatic N) is 1. The van der Waals surface area contributed by atoms with Gasteiger partial charge >= 0.3 is 11.8 Å². The summed E-state index contributed by atoms with van der Waals surface area (Å²) < 4.78 is 19.7. The molecule has 0 saturated heterocycles. The number of anilines is 1. The van der Waals surface area contributed by atoms with Crippen molar-refractivity contribution < 1.29 is 23.5 Å². The van der Waals surface area contributed by atoms with Gasteiger partial charge in [-0.3, -0.25) is 14.4 Å². The highest BCUT2D eigenvalue weighted by molar-refractivity contribution is 9.10. The molecule has 0 fully saturated rings. The van der Waals surface area contributed by atoms with Gasteiger partial charge in [-0.25, -0.2) is 9.82 Å². The van der Waals surface area contributed by atoms with Crippen molar-refractivity contribution in [3.8, 4) is 5.75 Å². The number of hydrogen-bond donors (Lipinski definition) is 3. The van der Waals surface area contributed by atoms with Gasteiger partial charge in [0.05, 0.1) is 11.9 Å². The highest BCUT2D eigenvalue weighted by Gasteiger charge is 2.13. The van der Waals surface area contributed by atoms with Crippen molar-refractivity contribution in [2.24, 2.45) is 5.10 Å². The highest BCUT2D eigenvalue weighted by Crippen LogP contribution is 2.19. The van der Waals surface area contributed by atoms with Crippen molar-refractivity contribution in [1.82, 2.24) is 10.7 Å². The molecule has 10 heteroatoms. The summed E-state index contributed by atoms with van der Waals surface area (Å²) in [6.45, 7) is 3.13. The SMILES string of the molecule is CC(C)NC(=O)C(=O)N/N=C\c1cccc(OCC(=O)Nc2ccc(Br)cc2F)c1. The minimum absolute atomic E-state index is 0.0462. The lowest BCUT2D eigenvalue weighted by Crippen LogP contribution is -2.41. The predicted octanol–water partition coefficient (Wildman–Crippen LogP) is 2.58. The average molecular weight is 479 g/mol. The van der Waals surface area contributed by atoms with Crippen LogP contribution >= 0.6 is 15.9 Å². The van der Waals surface area contributed by atoms with Gasteiger partial charge in [0.25, 0.3) is 5.91 Å². The van der Waals surface area contributed by atoms with Crippen LogP contribution in [0.3, 0.4) is 0 Å². The second kappa shape index (κ2) is 11.1. The van der Waals surface area contributed by atoms with E-state index in [1.165, 1.54) is 18.3 Å². The van der Waals surface area contributed by atoms with Gasteiger partial charge in [0, 0.05) is 10.5 Å². The van der Waals surface area contributed by atoms with Crippen molar-refractivity contribution in [2.45, 2.75) is 19.9 Å². The Hall–Kier alpha value is -3.27. The third-order valence-corrected chi connectivity index (χ3v) is 3.93. The zero-order chi connectivity index (χ0) is 22.1. The number of nitrogens with one attached hydrogen (secondary N) is 3. The lowest BCUT2D eigenvalue weighted by Gasteiger charge is -2.09. The molecule has 2 aromatic rings. The van der Waals surface area contributed by atoms with Crippen LogP contribution in [0.5, 0.6) is 5.75 Å². The Balaban J connectivity index is 1.87. The molecule has 3 N–H and O–H groups in total. The smallest absolute Gasteiger partial charge is 0.329 e. The largest absolute Gasteiger partial charge is 0.484 e. The van der Waals surface area contributed by atoms with Crippen LogP contribution < -0.4 is 20.8 Å². The third kappa shape index (κ3) is 7.63. The van der Waals surface area contributed by atoms with E-state index in [0.29, 0.717) is 15.8 Å². The maximum Gasteiger partial charge on any atom is 0.329 e. The van der Waals surface area contributed by atoms with Crippen LogP contribution in [0.2, 0.25) is 0 Å². The van der Waals surface area contributed by atoms with Crippen molar-refractivity contribution >= 4 is 45.6 Å². The number of hydrazone groups is 1. The summed E-state index contributed by atoms with van der Waals surface area (Å²) in [4.78, 5) is 35.0. The van der Waals surface area contributed by atoms with Gasteiger partial charge in [-0.2, -0.15) is 5.10 Å². The van der Waals surface area contributed by atoms with Crippen LogP contribution in [-0.2, 0) is 14.4 Å². The van der Waals surface area contributed by atoms with Crippen LogP contribution in [0.15, 0.2) is 52.0 Å². The first kappa shape index (κ1) is 23.0. The lowest BCUT2D eigenvalue weighted by molar-refractivity contribution is -0.139. The zero-order valence-electron chi connectivity index (χ0n) is 16.2. The van der Waals surface area contributed by atoms with Gasteiger partial charge in [0.15, 0.2) is 6.61 Å². The lowest BCUT2D eigenvalue weighted by atomic mass is 10.2. The highest BCUT2D eigenvalue weighted by atomic mass is 79.9. The minimum Gasteiger partial charge on any atom is -0.484 e. The van der Waals surface area contributed by atoms with E-state index in [9.17, 15) is 18.8 Å². The van der Waals surface area contributed by atoms with Crippen LogP contribution in [-0.4, -0.2) is 36.6 Å². The molecule has 0 spiro atoms. The molecule has 3 amide bonds. The predicted molar refractivity (Wildman–Crippen MR) is 114 cm³/mol. The maximum atomic E-state index is 13.8. The molecule has 158 valence electrons. The Kier molecular flexibility index (Phi) is 8.48. The molecule has 0 atom stereocenters. The molecule has 2 rings (SSSR count). The summed E-state index contributed by atoms with van der Waals surface area (Å²) in [6, 6.07) is 10.7. The zero-order valence-corrected chi connectivity index (χ0v) is 17.8. The molecule has 0 saturated carbocycles. The van der Waals surface area contributed by atoms with E-state index in [1.807, 2.05) is 0 Å². The normalized spacial score (nSPS) is 10.7. The number of rotatable bonds is 7. The molecule has 30 heavy (non-hydrogen) atoms. The van der Waals surface area contributed by atoms with Crippen LogP contribution in [0.4, 0.5) is 10.1 Å². The Morgan fingerprint density at radius 1 is 1.17 bits per heavy atom. The number of benzene rings is 2. The molecule has 0 aliphatic carbocycles. The summed E-state index contributed by atoms with van der Waals surface area (Å²) in [5, 5.41) is 8.58. The molecule has 8 nitrogen and oxygen atoms in total. The molecule has 0 aromatic heterocycles. The number of carbonyl (C=O) groups excluding carboxylic acids is 3. The molecule has 2 aromatic carbocycles. The van der Waals surface area contributed by atoms with Crippen LogP contribution in [0, 0.1) is 5.82 Å². The van der Waals surface area contributed by atoms with Crippen molar-refractivity contribution in [3.05, 3.63) is 58.3 Å². The number of ether oxygens (including phenoxy) is 1. The fraction of sp³-hybridized carbons (Fsp3) is 0.200. The number of hydrogen-bond acceptors (Lipinski definition) is 5. The average Bonchev–Trinajstić information content (AvgIpc) is 2.68. The summed E-state index contributed by atoms with van der Waals surface area (Å²) in [5.41, 5.74) is 2.73. The molecular weight excluding hydrogens is 459 g/mol. The number of amides is 3. The van der Waals surface area contributed by atoms with E-state index >= 15 is 0 Å². The fourth-order valence-electron chi connectivity index (χ4n) is 2.15. The Bertz CT molecular complexity index is 966. The van der Waals surface area contributed by atoms with Crippen molar-refractivity contribution in [2.75, 3.05) is 11.9 Å². The topological polar surface area (TPSA) is 109 Å². The molecule has 0 unspecified atom stereocenters. The summed E-state index contributed by atoms with van der Waals surface area (Å²) in [6.07, 6.45) is 1.32.